The molecule has 0 spiro atoms. The molecule has 2 aliphatic heterocycles. The Labute approximate surface area is 175 Å². The van der Waals surface area contributed by atoms with Crippen LogP contribution < -0.4 is 5.32 Å². The average Bonchev–Trinajstić information content (AvgIpc) is 2.73. The normalized spacial score (nSPS) is 23.8. The molecule has 5 nitrogen and oxygen atoms in total. The number of benzene rings is 1. The van der Waals surface area contributed by atoms with Crippen LogP contribution in [0, 0.1) is 0 Å². The van der Waals surface area contributed by atoms with E-state index in [0.717, 1.165) is 44.2 Å². The van der Waals surface area contributed by atoms with Crippen LogP contribution in [-0.2, 0) is 11.0 Å². The van der Waals surface area contributed by atoms with Crippen molar-refractivity contribution in [3.8, 4) is 0 Å². The van der Waals surface area contributed by atoms with E-state index in [1.54, 1.807) is 11.8 Å². The quantitative estimate of drug-likeness (QED) is 0.761. The number of alkyl halides is 3. The molecule has 0 radical (unpaired) electrons. The van der Waals surface area contributed by atoms with Gasteiger partial charge in [-0.1, -0.05) is 12.1 Å². The summed E-state index contributed by atoms with van der Waals surface area (Å²) < 4.78 is 38.6. The number of piperidine rings is 2. The third-order valence-corrected chi connectivity index (χ3v) is 6.18. The molecular formula is C22H30F3N3O2. The van der Waals surface area contributed by atoms with Crippen LogP contribution in [0.5, 0.6) is 0 Å². The fourth-order valence-corrected chi connectivity index (χ4v) is 4.42. The second-order valence-electron chi connectivity index (χ2n) is 8.37. The molecule has 1 aromatic rings. The molecule has 2 heterocycles. The summed E-state index contributed by atoms with van der Waals surface area (Å²) in [6.45, 7) is 4.94. The molecule has 1 N–H and O–H groups in total. The van der Waals surface area contributed by atoms with Crippen molar-refractivity contribution in [2.75, 3.05) is 13.1 Å². The Morgan fingerprint density at radius 3 is 2.20 bits per heavy atom. The molecule has 3 unspecified atom stereocenters. The summed E-state index contributed by atoms with van der Waals surface area (Å²) in [5, 5.41) is 2.82. The van der Waals surface area contributed by atoms with Crippen molar-refractivity contribution in [1.29, 1.82) is 0 Å². The minimum absolute atomic E-state index is 0.0846. The Kier molecular flexibility index (Phi) is 6.93. The first-order valence-corrected chi connectivity index (χ1v) is 10.7. The minimum atomic E-state index is -4.39. The standard InChI is InChI=1S/C22H30F3N3O2/c1-15-7-3-5-13-27(15)20(29)16(2)26-21(30)28-14-6-4-8-19(28)17-9-11-18(12-10-17)22(23,24)25/h9-12,15-16,19H,3-8,13-14H2,1-2H3,(H,26,30). The topological polar surface area (TPSA) is 52.7 Å². The lowest BCUT2D eigenvalue weighted by molar-refractivity contribution is -0.137. The molecule has 1 aromatic carbocycles. The summed E-state index contributed by atoms with van der Waals surface area (Å²) in [6.07, 6.45) is 1.07. The third kappa shape index (κ3) is 5.08. The van der Waals surface area contributed by atoms with Crippen molar-refractivity contribution < 1.29 is 22.8 Å². The van der Waals surface area contributed by atoms with Gasteiger partial charge in [0.05, 0.1) is 11.6 Å². The van der Waals surface area contributed by atoms with Gasteiger partial charge in [-0.25, -0.2) is 4.79 Å². The smallest absolute Gasteiger partial charge is 0.338 e. The number of urea groups is 1. The van der Waals surface area contributed by atoms with Gasteiger partial charge in [-0.15, -0.1) is 0 Å². The molecule has 8 heteroatoms. The number of hydrogen-bond acceptors (Lipinski definition) is 2. The Bertz CT molecular complexity index is 751. The molecule has 3 atom stereocenters. The highest BCUT2D eigenvalue weighted by Gasteiger charge is 2.34. The summed E-state index contributed by atoms with van der Waals surface area (Å²) in [6, 6.07) is 3.90. The predicted octanol–water partition coefficient (Wildman–Crippen LogP) is 4.73. The van der Waals surface area contributed by atoms with Crippen molar-refractivity contribution >= 4 is 11.9 Å². The van der Waals surface area contributed by atoms with E-state index in [4.69, 9.17) is 0 Å². The van der Waals surface area contributed by atoms with Crippen molar-refractivity contribution in [1.82, 2.24) is 15.1 Å². The summed E-state index contributed by atoms with van der Waals surface area (Å²) in [5.41, 5.74) is -0.0191. The molecule has 166 valence electrons. The lowest BCUT2D eigenvalue weighted by atomic mass is 9.94. The fourth-order valence-electron chi connectivity index (χ4n) is 4.42. The first-order valence-electron chi connectivity index (χ1n) is 10.7. The molecule has 0 aliphatic carbocycles. The number of hydrogen-bond donors (Lipinski definition) is 1. The fraction of sp³-hybridized carbons (Fsp3) is 0.636. The summed E-state index contributed by atoms with van der Waals surface area (Å²) in [4.78, 5) is 29.2. The van der Waals surface area contributed by atoms with Crippen molar-refractivity contribution in [3.63, 3.8) is 0 Å². The van der Waals surface area contributed by atoms with Crippen molar-refractivity contribution in [3.05, 3.63) is 35.4 Å². The third-order valence-electron chi connectivity index (χ3n) is 6.18. The number of likely N-dealkylation sites (tertiary alicyclic amines) is 2. The van der Waals surface area contributed by atoms with Gasteiger partial charge in [-0.05, 0) is 70.1 Å². The lowest BCUT2D eigenvalue weighted by Crippen LogP contribution is -2.54. The molecule has 2 fully saturated rings. The van der Waals surface area contributed by atoms with E-state index < -0.39 is 17.8 Å². The number of nitrogens with one attached hydrogen (secondary N) is 1. The zero-order valence-electron chi connectivity index (χ0n) is 17.5. The number of nitrogens with zero attached hydrogens (tertiary/aromatic N) is 2. The monoisotopic (exact) mass is 425 g/mol. The van der Waals surface area contributed by atoms with Crippen LogP contribution in [0.3, 0.4) is 0 Å². The molecule has 0 aromatic heterocycles. The molecule has 3 rings (SSSR count). The second-order valence-corrected chi connectivity index (χ2v) is 8.37. The molecule has 30 heavy (non-hydrogen) atoms. The van der Waals surface area contributed by atoms with E-state index in [-0.39, 0.29) is 24.0 Å². The van der Waals surface area contributed by atoms with Gasteiger partial charge >= 0.3 is 12.2 Å². The zero-order valence-corrected chi connectivity index (χ0v) is 17.5. The van der Waals surface area contributed by atoms with Crippen LogP contribution in [0.25, 0.3) is 0 Å². The lowest BCUT2D eigenvalue weighted by Gasteiger charge is -2.38. The second kappa shape index (κ2) is 9.27. The van der Waals surface area contributed by atoms with E-state index >= 15 is 0 Å². The molecule has 0 bridgehead atoms. The Hall–Kier alpha value is -2.25. The summed E-state index contributed by atoms with van der Waals surface area (Å²) in [5.74, 6) is -0.0846. The predicted molar refractivity (Wildman–Crippen MR) is 108 cm³/mol. The zero-order chi connectivity index (χ0) is 21.9. The average molecular weight is 425 g/mol. The van der Waals surface area contributed by atoms with E-state index in [1.165, 1.54) is 12.1 Å². The number of amides is 3. The molecule has 3 amide bonds. The molecule has 2 saturated heterocycles. The molecular weight excluding hydrogens is 395 g/mol. The van der Waals surface area contributed by atoms with E-state index in [9.17, 15) is 22.8 Å². The van der Waals surface area contributed by atoms with Crippen molar-refractivity contribution in [2.24, 2.45) is 0 Å². The van der Waals surface area contributed by atoms with Crippen LogP contribution in [0.15, 0.2) is 24.3 Å². The maximum Gasteiger partial charge on any atom is 0.416 e. The first kappa shape index (κ1) is 22.4. The van der Waals surface area contributed by atoms with Crippen LogP contribution >= 0.6 is 0 Å². The molecule has 2 aliphatic rings. The number of halogens is 3. The van der Waals surface area contributed by atoms with Gasteiger partial charge in [-0.2, -0.15) is 13.2 Å². The first-order chi connectivity index (χ1) is 14.2. The SMILES string of the molecule is CC(NC(=O)N1CCCCC1c1ccc(C(F)(F)F)cc1)C(=O)N1CCCCC1C. The van der Waals surface area contributed by atoms with Gasteiger partial charge in [0.1, 0.15) is 6.04 Å². The minimum Gasteiger partial charge on any atom is -0.338 e. The van der Waals surface area contributed by atoms with Crippen LogP contribution in [0.4, 0.5) is 18.0 Å². The summed E-state index contributed by atoms with van der Waals surface area (Å²) >= 11 is 0. The highest BCUT2D eigenvalue weighted by Crippen LogP contribution is 2.34. The number of rotatable bonds is 3. The van der Waals surface area contributed by atoms with Gasteiger partial charge in [0.2, 0.25) is 5.91 Å². The van der Waals surface area contributed by atoms with Gasteiger partial charge in [0.25, 0.3) is 0 Å². The van der Waals surface area contributed by atoms with Crippen LogP contribution in [-0.4, -0.2) is 46.9 Å². The Morgan fingerprint density at radius 2 is 1.60 bits per heavy atom. The van der Waals surface area contributed by atoms with Crippen molar-refractivity contribution in [2.45, 2.75) is 76.7 Å². The van der Waals surface area contributed by atoms with E-state index in [0.29, 0.717) is 25.1 Å². The van der Waals surface area contributed by atoms with Gasteiger partial charge < -0.3 is 15.1 Å². The van der Waals surface area contributed by atoms with E-state index in [1.807, 2.05) is 11.8 Å². The van der Waals surface area contributed by atoms with E-state index in [2.05, 4.69) is 5.32 Å². The Morgan fingerprint density at radius 1 is 1.00 bits per heavy atom. The maximum absolute atomic E-state index is 13.0. The largest absolute Gasteiger partial charge is 0.416 e. The van der Waals surface area contributed by atoms with Crippen LogP contribution in [0.1, 0.15) is 69.5 Å². The molecule has 0 saturated carbocycles. The van der Waals surface area contributed by atoms with Gasteiger partial charge in [-0.3, -0.25) is 4.79 Å². The van der Waals surface area contributed by atoms with Gasteiger partial charge in [0, 0.05) is 19.1 Å². The summed E-state index contributed by atoms with van der Waals surface area (Å²) in [7, 11) is 0. The van der Waals surface area contributed by atoms with Crippen LogP contribution in [0.2, 0.25) is 0 Å². The highest BCUT2D eigenvalue weighted by molar-refractivity contribution is 5.87. The van der Waals surface area contributed by atoms with Gasteiger partial charge in [0.15, 0.2) is 0 Å². The Balaban J connectivity index is 1.68. The maximum atomic E-state index is 13.0. The number of carbonyl (C=O) groups is 2. The highest BCUT2D eigenvalue weighted by atomic mass is 19.4. The number of carbonyl (C=O) groups excluding carboxylic acids is 2.